The molecular weight excluding hydrogens is 511 g/mol. The van der Waals surface area contributed by atoms with Crippen LogP contribution in [0.15, 0.2) is 36.5 Å². The molecule has 0 amide bonds. The molecule has 0 aliphatic carbocycles. The topological polar surface area (TPSA) is 55.9 Å². The summed E-state index contributed by atoms with van der Waals surface area (Å²) in [6, 6.07) is 10.5. The first-order valence-electron chi connectivity index (χ1n) is 6.67. The lowest BCUT2D eigenvalue weighted by atomic mass is 10.1. The van der Waals surface area contributed by atoms with Gasteiger partial charge in [0, 0.05) is 35.0 Å². The maximum atomic E-state index is 6.10. The molecule has 0 aliphatic rings. The fraction of sp³-hybridized carbons (Fsp3) is 0.400. The summed E-state index contributed by atoms with van der Waals surface area (Å²) < 4.78 is 2.21. The zero-order chi connectivity index (χ0) is 13.8. The Kier molecular flexibility index (Phi) is 10.3. The molecule has 0 saturated carbocycles. The Morgan fingerprint density at radius 2 is 1.95 bits per heavy atom. The number of nitrogens with zero attached hydrogens (tertiary/aromatic N) is 1. The van der Waals surface area contributed by atoms with Gasteiger partial charge in [0.1, 0.15) is 0 Å². The van der Waals surface area contributed by atoms with Gasteiger partial charge in [0.25, 0.3) is 0 Å². The highest BCUT2D eigenvalue weighted by atomic mass is 127. The zero-order valence-electron chi connectivity index (χ0n) is 12.0. The number of halogens is 3. The molecule has 1 aromatic carbocycles. The largest absolute Gasteiger partial charge is 1.00 e. The van der Waals surface area contributed by atoms with Crippen LogP contribution in [0.2, 0.25) is 5.02 Å². The monoisotopic (exact) mass is 533 g/mol. The Balaban J connectivity index is 0.00000200. The van der Waals surface area contributed by atoms with Crippen LogP contribution in [0, 0.1) is 0 Å². The molecule has 4 N–H and O–H groups in total. The number of hydrogen-bond acceptors (Lipinski definition) is 2. The summed E-state index contributed by atoms with van der Waals surface area (Å²) in [5.41, 5.74) is 12.9. The van der Waals surface area contributed by atoms with Gasteiger partial charge in [0.2, 0.25) is 5.52 Å². The van der Waals surface area contributed by atoms with E-state index in [0.717, 1.165) is 23.4 Å². The summed E-state index contributed by atoms with van der Waals surface area (Å²) in [5.74, 6) is 0. The van der Waals surface area contributed by atoms with Gasteiger partial charge in [0.15, 0.2) is 12.2 Å². The third kappa shape index (κ3) is 5.78. The lowest BCUT2D eigenvalue weighted by Crippen LogP contribution is -3.00. The summed E-state index contributed by atoms with van der Waals surface area (Å²) in [7, 11) is 0. The Morgan fingerprint density at radius 1 is 1.24 bits per heavy atom. The molecule has 6 heteroatoms. The van der Waals surface area contributed by atoms with E-state index < -0.39 is 0 Å². The van der Waals surface area contributed by atoms with Gasteiger partial charge in [0.05, 0.1) is 6.54 Å². The normalized spacial score (nSPS) is 13.1. The standard InChI is InChI=1S/C15H21ClN3.2HI/c1-11(18)4-7-14(10-17)19-8-2-3-12-5-6-13(16)9-15(12)19;;/h2-3,5-6,8-9,11,14H,4,7,10,17-18H2,1H3;2*1H/q+1;;/p-1. The van der Waals surface area contributed by atoms with Crippen molar-refractivity contribution in [2.24, 2.45) is 11.5 Å². The van der Waals surface area contributed by atoms with E-state index in [9.17, 15) is 0 Å². The molecule has 1 heterocycles. The number of fused-ring (bicyclic) bond motifs is 1. The first kappa shape index (κ1) is 21.3. The van der Waals surface area contributed by atoms with Crippen molar-refractivity contribution < 1.29 is 28.5 Å². The van der Waals surface area contributed by atoms with Gasteiger partial charge in [-0.25, -0.2) is 0 Å². The number of hydrogen-bond donors (Lipinski definition) is 2. The van der Waals surface area contributed by atoms with E-state index in [-0.39, 0.29) is 60.0 Å². The Bertz CT molecular complexity index is 564. The maximum absolute atomic E-state index is 6.10. The Morgan fingerprint density at radius 3 is 2.57 bits per heavy atom. The Labute approximate surface area is 165 Å². The van der Waals surface area contributed by atoms with Gasteiger partial charge in [-0.05, 0) is 31.5 Å². The molecule has 2 atom stereocenters. The van der Waals surface area contributed by atoms with Gasteiger partial charge >= 0.3 is 0 Å². The first-order chi connectivity index (χ1) is 9.11. The van der Waals surface area contributed by atoms with Crippen molar-refractivity contribution in [3.63, 3.8) is 0 Å². The van der Waals surface area contributed by atoms with Gasteiger partial charge in [-0.3, -0.25) is 0 Å². The van der Waals surface area contributed by atoms with Crippen LogP contribution in [0.1, 0.15) is 25.8 Å². The number of pyridine rings is 1. The molecule has 0 fully saturated rings. The molecule has 0 aliphatic heterocycles. The molecule has 0 spiro atoms. The summed E-state index contributed by atoms with van der Waals surface area (Å²) in [6.07, 6.45) is 4.01. The van der Waals surface area contributed by atoms with Gasteiger partial charge < -0.3 is 35.4 Å². The molecule has 2 unspecified atom stereocenters. The van der Waals surface area contributed by atoms with Crippen molar-refractivity contribution in [2.75, 3.05) is 6.54 Å². The van der Waals surface area contributed by atoms with Crippen LogP contribution in [-0.2, 0) is 0 Å². The predicted molar refractivity (Wildman–Crippen MR) is 95.5 cm³/mol. The molecule has 2 rings (SSSR count). The highest BCUT2D eigenvalue weighted by Crippen LogP contribution is 2.18. The summed E-state index contributed by atoms with van der Waals surface area (Å²) in [5, 5.41) is 1.92. The Hall–Kier alpha value is 0.300. The quantitative estimate of drug-likeness (QED) is 0.421. The van der Waals surface area contributed by atoms with E-state index in [0.29, 0.717) is 6.54 Å². The highest BCUT2D eigenvalue weighted by Gasteiger charge is 2.20. The summed E-state index contributed by atoms with van der Waals surface area (Å²) in [6.45, 7) is 2.63. The van der Waals surface area contributed by atoms with E-state index in [2.05, 4.69) is 16.8 Å². The number of rotatable bonds is 5. The third-order valence-corrected chi connectivity index (χ3v) is 3.65. The van der Waals surface area contributed by atoms with Crippen LogP contribution < -0.4 is 40.0 Å². The molecule has 3 nitrogen and oxygen atoms in total. The van der Waals surface area contributed by atoms with E-state index in [1.807, 2.05) is 31.2 Å². The van der Waals surface area contributed by atoms with Crippen LogP contribution in [0.3, 0.4) is 0 Å². The van der Waals surface area contributed by atoms with E-state index in [4.69, 9.17) is 23.1 Å². The van der Waals surface area contributed by atoms with Crippen molar-refractivity contribution in [1.29, 1.82) is 0 Å². The molecule has 0 saturated heterocycles. The van der Waals surface area contributed by atoms with Crippen molar-refractivity contribution in [3.05, 3.63) is 41.6 Å². The predicted octanol–water partition coefficient (Wildman–Crippen LogP) is 0.0299. The van der Waals surface area contributed by atoms with Crippen LogP contribution in [0.5, 0.6) is 0 Å². The zero-order valence-corrected chi connectivity index (χ0v) is 17.3. The fourth-order valence-electron chi connectivity index (χ4n) is 2.35. The average Bonchev–Trinajstić information content (AvgIpc) is 2.39. The number of nitrogens with two attached hydrogens (primary N) is 2. The molecule has 0 bridgehead atoms. The fourth-order valence-corrected chi connectivity index (χ4v) is 2.51. The van der Waals surface area contributed by atoms with E-state index >= 15 is 0 Å². The van der Waals surface area contributed by atoms with Crippen molar-refractivity contribution in [3.8, 4) is 0 Å². The van der Waals surface area contributed by atoms with Gasteiger partial charge in [-0.2, -0.15) is 4.57 Å². The molecule has 0 radical (unpaired) electrons. The van der Waals surface area contributed by atoms with Crippen LogP contribution in [0.4, 0.5) is 0 Å². The molecule has 118 valence electrons. The van der Waals surface area contributed by atoms with Gasteiger partial charge in [-0.1, -0.05) is 11.6 Å². The second kappa shape index (κ2) is 10.1. The SMILES string of the molecule is CC(N)CCC(CN)[n+]1cccc2ccc(Cl)cc21.I.[I-]. The number of aromatic nitrogens is 1. The minimum absolute atomic E-state index is 0. The van der Waals surface area contributed by atoms with Crippen LogP contribution >= 0.6 is 35.6 Å². The highest BCUT2D eigenvalue weighted by molar-refractivity contribution is 14.0. The van der Waals surface area contributed by atoms with Crippen LogP contribution in [-0.4, -0.2) is 12.6 Å². The minimum atomic E-state index is 0. The van der Waals surface area contributed by atoms with Crippen LogP contribution in [0.25, 0.3) is 10.9 Å². The minimum Gasteiger partial charge on any atom is -1.00 e. The molecule has 1 aromatic heterocycles. The summed E-state index contributed by atoms with van der Waals surface area (Å²) >= 11 is 6.10. The molecular formula is C15H22ClI2N3. The second-order valence-electron chi connectivity index (χ2n) is 5.06. The van der Waals surface area contributed by atoms with Gasteiger partial charge in [-0.15, -0.1) is 24.0 Å². The number of benzene rings is 1. The van der Waals surface area contributed by atoms with Crippen molar-refractivity contribution in [1.82, 2.24) is 0 Å². The lowest BCUT2D eigenvalue weighted by molar-refractivity contribution is -0.696. The molecule has 21 heavy (non-hydrogen) atoms. The average molecular weight is 534 g/mol. The smallest absolute Gasteiger partial charge is 0.214 e. The lowest BCUT2D eigenvalue weighted by Gasteiger charge is -2.13. The third-order valence-electron chi connectivity index (χ3n) is 3.41. The van der Waals surface area contributed by atoms with Crippen molar-refractivity contribution >= 4 is 46.5 Å². The molecule has 2 aromatic rings. The first-order valence-corrected chi connectivity index (χ1v) is 7.04. The maximum Gasteiger partial charge on any atom is 0.214 e. The summed E-state index contributed by atoms with van der Waals surface area (Å²) in [4.78, 5) is 0. The van der Waals surface area contributed by atoms with E-state index in [1.165, 1.54) is 5.39 Å². The van der Waals surface area contributed by atoms with E-state index in [1.54, 1.807) is 0 Å². The van der Waals surface area contributed by atoms with Crippen molar-refractivity contribution in [2.45, 2.75) is 31.8 Å². The second-order valence-corrected chi connectivity index (χ2v) is 5.50.